The topological polar surface area (TPSA) is 63.6 Å². The zero-order valence-corrected chi connectivity index (χ0v) is 20.3. The van der Waals surface area contributed by atoms with Crippen LogP contribution in [0.2, 0.25) is 0 Å². The van der Waals surface area contributed by atoms with Gasteiger partial charge in [-0.25, -0.2) is 5.01 Å². The van der Waals surface area contributed by atoms with Gasteiger partial charge in [-0.15, -0.1) is 0 Å². The van der Waals surface area contributed by atoms with Gasteiger partial charge in [0.1, 0.15) is 5.75 Å². The number of hydrazone groups is 1. The van der Waals surface area contributed by atoms with Crippen molar-refractivity contribution in [1.29, 1.82) is 0 Å². The number of hydrogen-bond donors (Lipinski definition) is 0. The summed E-state index contributed by atoms with van der Waals surface area (Å²) in [4.78, 5) is 15.8. The predicted octanol–water partition coefficient (Wildman–Crippen LogP) is 3.83. The minimum Gasteiger partial charge on any atom is -0.497 e. The molecule has 1 spiro atoms. The lowest BCUT2D eigenvalue weighted by atomic mass is 9.94. The second-order valence-electron chi connectivity index (χ2n) is 9.48. The number of nitrogens with zero attached hydrogens (tertiary/aromatic N) is 3. The molecule has 5 rings (SSSR count). The Morgan fingerprint density at radius 2 is 1.88 bits per heavy atom. The van der Waals surface area contributed by atoms with E-state index >= 15 is 0 Å². The molecular weight excluding hydrogens is 430 g/mol. The van der Waals surface area contributed by atoms with E-state index in [1.165, 1.54) is 11.1 Å². The summed E-state index contributed by atoms with van der Waals surface area (Å²) in [5.74, 6) is 0.367. The van der Waals surface area contributed by atoms with E-state index < -0.39 is 5.79 Å². The number of likely N-dealkylation sites (tertiary alicyclic amines) is 1. The van der Waals surface area contributed by atoms with Crippen molar-refractivity contribution in [1.82, 2.24) is 9.91 Å². The minimum absolute atomic E-state index is 0.0213. The molecule has 0 unspecified atom stereocenters. The third-order valence-electron chi connectivity index (χ3n) is 7.15. The van der Waals surface area contributed by atoms with Gasteiger partial charge in [-0.2, -0.15) is 5.10 Å². The first kappa shape index (κ1) is 23.0. The Kier molecular flexibility index (Phi) is 6.42. The van der Waals surface area contributed by atoms with Gasteiger partial charge in [-0.1, -0.05) is 35.9 Å². The number of hydrogen-bond acceptors (Lipinski definition) is 6. The molecule has 3 aliphatic heterocycles. The standard InChI is InChI=1S/C27H33N3O4/c1-19-7-8-20(2)23(15-19)25-17-24(21-5-4-6-22(16-21)32-3)28-30(25)26(31)18-29-11-9-27(10-12-29)33-13-14-34-27/h4-8,15-16,25H,9-14,17-18H2,1-3H3/t25-/m0/s1. The van der Waals surface area contributed by atoms with E-state index in [2.05, 4.69) is 36.9 Å². The fourth-order valence-electron chi connectivity index (χ4n) is 5.18. The van der Waals surface area contributed by atoms with Gasteiger partial charge >= 0.3 is 0 Å². The Morgan fingerprint density at radius 3 is 2.62 bits per heavy atom. The second-order valence-corrected chi connectivity index (χ2v) is 9.48. The summed E-state index contributed by atoms with van der Waals surface area (Å²) in [5, 5.41) is 6.58. The molecule has 2 aromatic carbocycles. The van der Waals surface area contributed by atoms with Crippen LogP contribution in [0.15, 0.2) is 47.6 Å². The van der Waals surface area contributed by atoms with E-state index in [0.29, 0.717) is 26.2 Å². The molecule has 7 heteroatoms. The number of aryl methyl sites for hydroxylation is 2. The van der Waals surface area contributed by atoms with E-state index in [-0.39, 0.29) is 11.9 Å². The van der Waals surface area contributed by atoms with Crippen molar-refractivity contribution in [2.24, 2.45) is 5.10 Å². The fourth-order valence-corrected chi connectivity index (χ4v) is 5.18. The number of rotatable bonds is 5. The summed E-state index contributed by atoms with van der Waals surface area (Å²) in [7, 11) is 1.66. The van der Waals surface area contributed by atoms with Crippen molar-refractivity contribution in [3.05, 3.63) is 64.7 Å². The fraction of sp³-hybridized carbons (Fsp3) is 0.481. The molecule has 3 aliphatic rings. The van der Waals surface area contributed by atoms with Crippen LogP contribution in [0.4, 0.5) is 0 Å². The number of benzene rings is 2. The summed E-state index contributed by atoms with van der Waals surface area (Å²) in [5.41, 5.74) is 5.40. The number of carbonyl (C=O) groups is 1. The molecule has 0 aliphatic carbocycles. The van der Waals surface area contributed by atoms with Crippen LogP contribution >= 0.6 is 0 Å². The number of methoxy groups -OCH3 is 1. The Hall–Kier alpha value is -2.74. The molecule has 180 valence electrons. The monoisotopic (exact) mass is 463 g/mol. The average Bonchev–Trinajstić information content (AvgIpc) is 3.50. The molecule has 0 saturated carbocycles. The number of ether oxygens (including phenoxy) is 3. The van der Waals surface area contributed by atoms with E-state index in [1.807, 2.05) is 24.3 Å². The van der Waals surface area contributed by atoms with Crippen molar-refractivity contribution in [2.75, 3.05) is 40.0 Å². The molecule has 3 heterocycles. The SMILES string of the molecule is COc1cccc(C2=NN(C(=O)CN3CCC4(CC3)OCCO4)[C@H](c3cc(C)ccc3C)C2)c1. The lowest BCUT2D eigenvalue weighted by Crippen LogP contribution is -2.48. The highest BCUT2D eigenvalue weighted by atomic mass is 16.7. The Labute approximate surface area is 201 Å². The van der Waals surface area contributed by atoms with Gasteiger partial charge < -0.3 is 14.2 Å². The molecular formula is C27H33N3O4. The number of amides is 1. The van der Waals surface area contributed by atoms with Crippen molar-refractivity contribution >= 4 is 11.6 Å². The zero-order chi connectivity index (χ0) is 23.7. The number of piperidine rings is 1. The molecule has 0 N–H and O–H groups in total. The van der Waals surface area contributed by atoms with E-state index in [4.69, 9.17) is 19.3 Å². The van der Waals surface area contributed by atoms with Crippen LogP contribution in [-0.2, 0) is 14.3 Å². The highest BCUT2D eigenvalue weighted by molar-refractivity contribution is 6.03. The number of carbonyl (C=O) groups excluding carboxylic acids is 1. The maximum absolute atomic E-state index is 13.6. The second kappa shape index (κ2) is 9.49. The van der Waals surface area contributed by atoms with Crippen LogP contribution in [0, 0.1) is 13.8 Å². The lowest BCUT2D eigenvalue weighted by Gasteiger charge is -2.37. The van der Waals surface area contributed by atoms with Gasteiger partial charge in [0, 0.05) is 37.9 Å². The van der Waals surface area contributed by atoms with Crippen molar-refractivity contribution in [2.45, 2.75) is 44.9 Å². The van der Waals surface area contributed by atoms with Gasteiger partial charge in [0.05, 0.1) is 38.6 Å². The van der Waals surface area contributed by atoms with Crippen LogP contribution in [0.3, 0.4) is 0 Å². The first-order valence-corrected chi connectivity index (χ1v) is 12.1. The maximum atomic E-state index is 13.6. The van der Waals surface area contributed by atoms with Crippen LogP contribution in [-0.4, -0.2) is 67.3 Å². The predicted molar refractivity (Wildman–Crippen MR) is 130 cm³/mol. The molecule has 2 fully saturated rings. The Morgan fingerprint density at radius 1 is 1.12 bits per heavy atom. The summed E-state index contributed by atoms with van der Waals surface area (Å²) >= 11 is 0. The molecule has 7 nitrogen and oxygen atoms in total. The van der Waals surface area contributed by atoms with E-state index in [9.17, 15) is 4.79 Å². The first-order chi connectivity index (χ1) is 16.5. The van der Waals surface area contributed by atoms with Gasteiger partial charge in [0.25, 0.3) is 5.91 Å². The van der Waals surface area contributed by atoms with Crippen LogP contribution in [0.1, 0.15) is 47.6 Å². The van der Waals surface area contributed by atoms with Crippen molar-refractivity contribution in [3.8, 4) is 5.75 Å². The van der Waals surface area contributed by atoms with Crippen LogP contribution in [0.5, 0.6) is 5.75 Å². The summed E-state index contributed by atoms with van der Waals surface area (Å²) < 4.78 is 17.1. The first-order valence-electron chi connectivity index (χ1n) is 12.1. The molecule has 0 bridgehead atoms. The van der Waals surface area contributed by atoms with Gasteiger partial charge in [-0.05, 0) is 37.1 Å². The summed E-state index contributed by atoms with van der Waals surface area (Å²) in [6.45, 7) is 7.40. The normalized spacial score (nSPS) is 22.3. The minimum atomic E-state index is -0.438. The Bertz CT molecular complexity index is 1080. The lowest BCUT2D eigenvalue weighted by molar-refractivity contribution is -0.186. The third kappa shape index (κ3) is 4.60. The summed E-state index contributed by atoms with van der Waals surface area (Å²) in [6, 6.07) is 14.2. The molecule has 1 atom stereocenters. The smallest absolute Gasteiger partial charge is 0.257 e. The van der Waals surface area contributed by atoms with E-state index in [1.54, 1.807) is 12.1 Å². The van der Waals surface area contributed by atoms with Gasteiger partial charge in [-0.3, -0.25) is 9.69 Å². The highest BCUT2D eigenvalue weighted by Crippen LogP contribution is 2.36. The van der Waals surface area contributed by atoms with Crippen molar-refractivity contribution in [3.63, 3.8) is 0 Å². The van der Waals surface area contributed by atoms with Crippen LogP contribution < -0.4 is 4.74 Å². The maximum Gasteiger partial charge on any atom is 0.257 e. The van der Waals surface area contributed by atoms with Crippen molar-refractivity contribution < 1.29 is 19.0 Å². The van der Waals surface area contributed by atoms with Gasteiger partial charge in [0.15, 0.2) is 5.79 Å². The highest BCUT2D eigenvalue weighted by Gasteiger charge is 2.41. The zero-order valence-electron chi connectivity index (χ0n) is 20.3. The Balaban J connectivity index is 1.38. The third-order valence-corrected chi connectivity index (χ3v) is 7.15. The van der Waals surface area contributed by atoms with Crippen LogP contribution in [0.25, 0.3) is 0 Å². The quantitative estimate of drug-likeness (QED) is 0.675. The molecule has 2 aromatic rings. The molecule has 0 radical (unpaired) electrons. The molecule has 0 aromatic heterocycles. The molecule has 1 amide bonds. The average molecular weight is 464 g/mol. The largest absolute Gasteiger partial charge is 0.497 e. The summed E-state index contributed by atoms with van der Waals surface area (Å²) in [6.07, 6.45) is 2.26. The van der Waals surface area contributed by atoms with E-state index in [0.717, 1.165) is 48.5 Å². The van der Waals surface area contributed by atoms with Gasteiger partial charge in [0.2, 0.25) is 0 Å². The molecule has 34 heavy (non-hydrogen) atoms. The molecule has 2 saturated heterocycles.